The highest BCUT2D eigenvalue weighted by molar-refractivity contribution is 5.81. The van der Waals surface area contributed by atoms with Crippen LogP contribution in [0.3, 0.4) is 0 Å². The van der Waals surface area contributed by atoms with E-state index in [1.54, 1.807) is 38.2 Å². The van der Waals surface area contributed by atoms with Gasteiger partial charge in [-0.3, -0.25) is 9.59 Å². The molecule has 0 unspecified atom stereocenters. The summed E-state index contributed by atoms with van der Waals surface area (Å²) in [4.78, 5) is 22.7. The van der Waals surface area contributed by atoms with Crippen molar-refractivity contribution in [1.29, 1.82) is 0 Å². The zero-order chi connectivity index (χ0) is 12.0. The second kappa shape index (κ2) is 6.10. The van der Waals surface area contributed by atoms with Crippen LogP contribution in [-0.4, -0.2) is 25.2 Å². The second-order valence-corrected chi connectivity index (χ2v) is 3.33. The molecule has 0 bridgehead atoms. The molecule has 0 N–H and O–H groups in total. The molecular weight excluding hydrogens is 208 g/mol. The van der Waals surface area contributed by atoms with Crippen molar-refractivity contribution in [2.24, 2.45) is 11.8 Å². The van der Waals surface area contributed by atoms with Crippen LogP contribution < -0.4 is 0 Å². The largest absolute Gasteiger partial charge is 0.465 e. The molecule has 1 rings (SSSR count). The molecule has 4 heteroatoms. The van der Waals surface area contributed by atoms with Crippen LogP contribution in [0, 0.1) is 11.8 Å². The van der Waals surface area contributed by atoms with Gasteiger partial charge in [0, 0.05) is 0 Å². The van der Waals surface area contributed by atoms with E-state index in [1.807, 2.05) is 0 Å². The van der Waals surface area contributed by atoms with Gasteiger partial charge >= 0.3 is 11.9 Å². The summed E-state index contributed by atoms with van der Waals surface area (Å²) in [5.74, 6) is -1.36. The zero-order valence-electron chi connectivity index (χ0n) is 9.51. The summed E-state index contributed by atoms with van der Waals surface area (Å²) in [6.45, 7) is 4.24. The molecule has 0 saturated heterocycles. The number of carbonyl (C=O) groups excluding carboxylic acids is 2. The fourth-order valence-corrected chi connectivity index (χ4v) is 1.40. The minimum absolute atomic E-state index is 0.294. The van der Waals surface area contributed by atoms with Crippen LogP contribution in [0.1, 0.15) is 13.8 Å². The first kappa shape index (κ1) is 12.5. The summed E-state index contributed by atoms with van der Waals surface area (Å²) >= 11 is 0. The minimum atomic E-state index is -0.384. The summed E-state index contributed by atoms with van der Waals surface area (Å²) in [6, 6.07) is 0. The Bertz CT molecular complexity index is 273. The standard InChI is InChI=1S/C12H16O4/c1-3-15-11(13)9-5-7-10(8-6-9)12(14)16-4-2/h5-10H,3-4H2,1-2H3. The highest BCUT2D eigenvalue weighted by atomic mass is 16.5. The second-order valence-electron chi connectivity index (χ2n) is 3.33. The van der Waals surface area contributed by atoms with Crippen molar-refractivity contribution in [2.45, 2.75) is 13.8 Å². The average molecular weight is 224 g/mol. The molecular formula is C12H16O4. The topological polar surface area (TPSA) is 52.6 Å². The maximum atomic E-state index is 11.4. The smallest absolute Gasteiger partial charge is 0.316 e. The summed E-state index contributed by atoms with van der Waals surface area (Å²) in [5, 5.41) is 0. The van der Waals surface area contributed by atoms with E-state index in [4.69, 9.17) is 9.47 Å². The maximum Gasteiger partial charge on any atom is 0.316 e. The fourth-order valence-electron chi connectivity index (χ4n) is 1.40. The van der Waals surface area contributed by atoms with Crippen molar-refractivity contribution in [2.75, 3.05) is 13.2 Å². The van der Waals surface area contributed by atoms with Crippen molar-refractivity contribution in [3.8, 4) is 0 Å². The lowest BCUT2D eigenvalue weighted by atomic mass is 9.96. The maximum absolute atomic E-state index is 11.4. The van der Waals surface area contributed by atoms with Crippen molar-refractivity contribution in [1.82, 2.24) is 0 Å². The minimum Gasteiger partial charge on any atom is -0.465 e. The molecule has 1 aliphatic carbocycles. The number of esters is 2. The molecule has 0 aromatic rings. The molecule has 0 atom stereocenters. The van der Waals surface area contributed by atoms with E-state index >= 15 is 0 Å². The van der Waals surface area contributed by atoms with E-state index in [1.165, 1.54) is 0 Å². The molecule has 88 valence electrons. The predicted molar refractivity (Wildman–Crippen MR) is 58.5 cm³/mol. The van der Waals surface area contributed by atoms with Gasteiger partial charge in [-0.1, -0.05) is 24.3 Å². The molecule has 0 aromatic heterocycles. The van der Waals surface area contributed by atoms with Crippen LogP contribution >= 0.6 is 0 Å². The monoisotopic (exact) mass is 224 g/mol. The lowest BCUT2D eigenvalue weighted by molar-refractivity contribution is -0.146. The van der Waals surface area contributed by atoms with Gasteiger partial charge in [-0.2, -0.15) is 0 Å². The Hall–Kier alpha value is -1.58. The first-order valence-corrected chi connectivity index (χ1v) is 5.39. The number of ether oxygens (including phenoxy) is 2. The van der Waals surface area contributed by atoms with E-state index < -0.39 is 0 Å². The van der Waals surface area contributed by atoms with E-state index in [0.717, 1.165) is 0 Å². The van der Waals surface area contributed by atoms with Gasteiger partial charge in [0.15, 0.2) is 0 Å². The Morgan fingerprint density at radius 3 is 1.44 bits per heavy atom. The lowest BCUT2D eigenvalue weighted by Crippen LogP contribution is -2.20. The predicted octanol–water partition coefficient (Wildman–Crippen LogP) is 1.47. The Kier molecular flexibility index (Phi) is 4.76. The molecule has 4 nitrogen and oxygen atoms in total. The highest BCUT2D eigenvalue weighted by Crippen LogP contribution is 2.17. The molecule has 0 aromatic carbocycles. The van der Waals surface area contributed by atoms with Crippen LogP contribution in [-0.2, 0) is 19.1 Å². The van der Waals surface area contributed by atoms with Gasteiger partial charge < -0.3 is 9.47 Å². The third-order valence-corrected chi connectivity index (χ3v) is 2.17. The van der Waals surface area contributed by atoms with Crippen LogP contribution in [0.15, 0.2) is 24.3 Å². The van der Waals surface area contributed by atoms with Gasteiger partial charge in [-0.05, 0) is 13.8 Å². The van der Waals surface area contributed by atoms with E-state index in [9.17, 15) is 9.59 Å². The Morgan fingerprint density at radius 1 is 0.875 bits per heavy atom. The fraction of sp³-hybridized carbons (Fsp3) is 0.500. The SMILES string of the molecule is CCOC(=O)C1C=CC(C(=O)OCC)C=C1. The molecule has 1 aliphatic rings. The molecule has 0 fully saturated rings. The number of hydrogen-bond donors (Lipinski definition) is 0. The van der Waals surface area contributed by atoms with Gasteiger partial charge in [-0.15, -0.1) is 0 Å². The van der Waals surface area contributed by atoms with Crippen molar-refractivity contribution in [3.63, 3.8) is 0 Å². The normalized spacial score (nSPS) is 22.9. The van der Waals surface area contributed by atoms with Gasteiger partial charge in [0.25, 0.3) is 0 Å². The van der Waals surface area contributed by atoms with Crippen LogP contribution in [0.2, 0.25) is 0 Å². The van der Waals surface area contributed by atoms with Gasteiger partial charge in [0.2, 0.25) is 0 Å². The van der Waals surface area contributed by atoms with Crippen LogP contribution in [0.5, 0.6) is 0 Å². The molecule has 0 aliphatic heterocycles. The Morgan fingerprint density at radius 2 is 1.19 bits per heavy atom. The van der Waals surface area contributed by atoms with E-state index in [0.29, 0.717) is 13.2 Å². The first-order chi connectivity index (χ1) is 7.69. The molecule has 0 radical (unpaired) electrons. The van der Waals surface area contributed by atoms with Crippen molar-refractivity contribution >= 4 is 11.9 Å². The first-order valence-electron chi connectivity index (χ1n) is 5.39. The zero-order valence-corrected chi connectivity index (χ0v) is 9.51. The van der Waals surface area contributed by atoms with Gasteiger partial charge in [-0.25, -0.2) is 0 Å². The summed E-state index contributed by atoms with van der Waals surface area (Å²) < 4.78 is 9.73. The number of rotatable bonds is 4. The number of hydrogen-bond acceptors (Lipinski definition) is 4. The van der Waals surface area contributed by atoms with Crippen molar-refractivity contribution in [3.05, 3.63) is 24.3 Å². The summed E-state index contributed by atoms with van der Waals surface area (Å²) in [5.41, 5.74) is 0. The third-order valence-electron chi connectivity index (χ3n) is 2.17. The lowest BCUT2D eigenvalue weighted by Gasteiger charge is -2.14. The van der Waals surface area contributed by atoms with Crippen molar-refractivity contribution < 1.29 is 19.1 Å². The Labute approximate surface area is 94.9 Å². The van der Waals surface area contributed by atoms with E-state index in [-0.39, 0.29) is 23.8 Å². The number of carbonyl (C=O) groups is 2. The third kappa shape index (κ3) is 3.22. The van der Waals surface area contributed by atoms with Gasteiger partial charge in [0.1, 0.15) is 0 Å². The quantitative estimate of drug-likeness (QED) is 0.536. The Balaban J connectivity index is 2.52. The summed E-state index contributed by atoms with van der Waals surface area (Å²) in [6.07, 6.45) is 6.66. The summed E-state index contributed by atoms with van der Waals surface area (Å²) in [7, 11) is 0. The molecule has 0 amide bonds. The highest BCUT2D eigenvalue weighted by Gasteiger charge is 2.21. The molecule has 16 heavy (non-hydrogen) atoms. The van der Waals surface area contributed by atoms with Crippen LogP contribution in [0.4, 0.5) is 0 Å². The average Bonchev–Trinajstić information content (AvgIpc) is 2.30. The molecule has 0 saturated carbocycles. The molecule has 0 spiro atoms. The van der Waals surface area contributed by atoms with Crippen LogP contribution in [0.25, 0.3) is 0 Å². The van der Waals surface area contributed by atoms with Gasteiger partial charge in [0.05, 0.1) is 25.0 Å². The van der Waals surface area contributed by atoms with E-state index in [2.05, 4.69) is 0 Å². The molecule has 0 heterocycles.